The summed E-state index contributed by atoms with van der Waals surface area (Å²) >= 11 is 7.63. The summed E-state index contributed by atoms with van der Waals surface area (Å²) < 4.78 is 6.39. The third-order valence-corrected chi connectivity index (χ3v) is 5.75. The van der Waals surface area contributed by atoms with Crippen molar-refractivity contribution >= 4 is 51.1 Å². The molecular weight excluding hydrogens is 422 g/mol. The number of hydrogen-bond acceptors (Lipinski definition) is 6. The first-order valence-electron chi connectivity index (χ1n) is 8.84. The average molecular weight is 436 g/mol. The number of thiophene rings is 1. The van der Waals surface area contributed by atoms with E-state index < -0.39 is 5.97 Å². The molecular formula is C22H14ClN3O3S. The SMILES string of the molecule is O=C(NN=Cc1cccc(OC(=O)c2sc3ccccc3c2Cl)c1)c1cccnc1. The van der Waals surface area contributed by atoms with Crippen LogP contribution in [0, 0.1) is 0 Å². The number of fused-ring (bicyclic) bond motifs is 1. The average Bonchev–Trinajstić information content (AvgIpc) is 3.11. The quantitative estimate of drug-likeness (QED) is 0.208. The fraction of sp³-hybridized carbons (Fsp3) is 0. The molecule has 6 nitrogen and oxygen atoms in total. The van der Waals surface area contributed by atoms with Gasteiger partial charge in [-0.3, -0.25) is 9.78 Å². The molecule has 2 heterocycles. The minimum absolute atomic E-state index is 0.344. The predicted molar refractivity (Wildman–Crippen MR) is 118 cm³/mol. The van der Waals surface area contributed by atoms with Gasteiger partial charge in [0.1, 0.15) is 10.6 Å². The van der Waals surface area contributed by atoms with Crippen LogP contribution in [0.4, 0.5) is 0 Å². The van der Waals surface area contributed by atoms with Gasteiger partial charge in [-0.05, 0) is 35.9 Å². The number of aromatic nitrogens is 1. The molecule has 0 saturated carbocycles. The molecule has 0 bridgehead atoms. The Bertz CT molecular complexity index is 1250. The smallest absolute Gasteiger partial charge is 0.355 e. The Kier molecular flexibility index (Phi) is 5.83. The molecule has 1 amide bonds. The zero-order chi connectivity index (χ0) is 20.9. The monoisotopic (exact) mass is 435 g/mol. The van der Waals surface area contributed by atoms with Gasteiger partial charge < -0.3 is 4.74 Å². The van der Waals surface area contributed by atoms with E-state index in [4.69, 9.17) is 16.3 Å². The second-order valence-electron chi connectivity index (χ2n) is 6.14. The van der Waals surface area contributed by atoms with Gasteiger partial charge in [-0.2, -0.15) is 5.10 Å². The number of nitrogens with zero attached hydrogens (tertiary/aromatic N) is 2. The number of rotatable bonds is 5. The van der Waals surface area contributed by atoms with Crippen molar-refractivity contribution in [3.8, 4) is 5.75 Å². The third kappa shape index (κ3) is 4.37. The fourth-order valence-corrected chi connectivity index (χ4v) is 4.07. The molecule has 2 aromatic heterocycles. The van der Waals surface area contributed by atoms with Gasteiger partial charge >= 0.3 is 5.97 Å². The number of pyridine rings is 1. The van der Waals surface area contributed by atoms with Gasteiger partial charge in [-0.25, -0.2) is 10.2 Å². The lowest BCUT2D eigenvalue weighted by Gasteiger charge is -2.04. The maximum absolute atomic E-state index is 12.6. The van der Waals surface area contributed by atoms with E-state index in [-0.39, 0.29) is 5.91 Å². The Labute approximate surface area is 180 Å². The number of benzene rings is 2. The second kappa shape index (κ2) is 8.86. The van der Waals surface area contributed by atoms with Crippen LogP contribution >= 0.6 is 22.9 Å². The molecule has 0 saturated heterocycles. The van der Waals surface area contributed by atoms with Crippen LogP contribution in [0.5, 0.6) is 5.75 Å². The number of carbonyl (C=O) groups excluding carboxylic acids is 2. The zero-order valence-electron chi connectivity index (χ0n) is 15.4. The Hall–Kier alpha value is -3.55. The molecule has 4 rings (SSSR count). The number of ether oxygens (including phenoxy) is 1. The number of nitrogens with one attached hydrogen (secondary N) is 1. The van der Waals surface area contributed by atoms with Gasteiger partial charge in [0.05, 0.1) is 16.8 Å². The maximum atomic E-state index is 12.6. The molecule has 0 fully saturated rings. The molecule has 0 atom stereocenters. The first-order chi connectivity index (χ1) is 14.6. The van der Waals surface area contributed by atoms with Crippen molar-refractivity contribution in [3.63, 3.8) is 0 Å². The summed E-state index contributed by atoms with van der Waals surface area (Å²) in [6.07, 6.45) is 4.49. The maximum Gasteiger partial charge on any atom is 0.355 e. The van der Waals surface area contributed by atoms with Gasteiger partial charge in [-0.1, -0.05) is 41.9 Å². The highest BCUT2D eigenvalue weighted by atomic mass is 35.5. The van der Waals surface area contributed by atoms with E-state index in [0.717, 1.165) is 10.1 Å². The first kappa shape index (κ1) is 19.8. The summed E-state index contributed by atoms with van der Waals surface area (Å²) in [6, 6.07) is 17.6. The van der Waals surface area contributed by atoms with Gasteiger partial charge in [0, 0.05) is 22.5 Å². The molecule has 0 aliphatic rings. The van der Waals surface area contributed by atoms with E-state index in [9.17, 15) is 9.59 Å². The molecule has 0 aliphatic carbocycles. The largest absolute Gasteiger partial charge is 0.422 e. The highest BCUT2D eigenvalue weighted by Crippen LogP contribution is 2.35. The van der Waals surface area contributed by atoms with Crippen molar-refractivity contribution in [3.05, 3.63) is 94.1 Å². The summed E-state index contributed by atoms with van der Waals surface area (Å²) in [5.41, 5.74) is 3.47. The number of halogens is 1. The number of carbonyl (C=O) groups is 2. The van der Waals surface area contributed by atoms with Crippen molar-refractivity contribution in [2.75, 3.05) is 0 Å². The summed E-state index contributed by atoms with van der Waals surface area (Å²) in [4.78, 5) is 28.8. The van der Waals surface area contributed by atoms with Crippen molar-refractivity contribution in [2.24, 2.45) is 5.10 Å². The van der Waals surface area contributed by atoms with E-state index in [0.29, 0.717) is 26.8 Å². The summed E-state index contributed by atoms with van der Waals surface area (Å²) in [5, 5.41) is 5.13. The van der Waals surface area contributed by atoms with Crippen LogP contribution in [0.1, 0.15) is 25.6 Å². The van der Waals surface area contributed by atoms with Crippen LogP contribution in [0.25, 0.3) is 10.1 Å². The Morgan fingerprint density at radius 1 is 1.10 bits per heavy atom. The molecule has 2 aromatic carbocycles. The Balaban J connectivity index is 1.44. The highest BCUT2D eigenvalue weighted by molar-refractivity contribution is 7.21. The summed E-state index contributed by atoms with van der Waals surface area (Å²) in [7, 11) is 0. The predicted octanol–water partition coefficient (Wildman–Crippen LogP) is 4.93. The molecule has 1 N–H and O–H groups in total. The van der Waals surface area contributed by atoms with Crippen LogP contribution < -0.4 is 10.2 Å². The van der Waals surface area contributed by atoms with E-state index in [1.54, 1.807) is 42.6 Å². The summed E-state index contributed by atoms with van der Waals surface area (Å²) in [5.74, 6) is -0.558. The number of hydrazone groups is 1. The Morgan fingerprint density at radius 2 is 1.97 bits per heavy atom. The molecule has 0 aliphatic heterocycles. The van der Waals surface area contributed by atoms with E-state index in [1.165, 1.54) is 23.7 Å². The molecule has 0 unspecified atom stereocenters. The first-order valence-corrected chi connectivity index (χ1v) is 10.0. The van der Waals surface area contributed by atoms with Crippen LogP contribution in [-0.2, 0) is 0 Å². The summed E-state index contributed by atoms with van der Waals surface area (Å²) in [6.45, 7) is 0. The fourth-order valence-electron chi connectivity index (χ4n) is 2.68. The normalized spacial score (nSPS) is 11.0. The molecule has 30 heavy (non-hydrogen) atoms. The number of amides is 1. The lowest BCUT2D eigenvalue weighted by atomic mass is 10.2. The lowest BCUT2D eigenvalue weighted by Crippen LogP contribution is -2.17. The van der Waals surface area contributed by atoms with Crippen molar-refractivity contribution in [1.29, 1.82) is 0 Å². The van der Waals surface area contributed by atoms with Gasteiger partial charge in [-0.15, -0.1) is 11.3 Å². The molecule has 4 aromatic rings. The zero-order valence-corrected chi connectivity index (χ0v) is 17.0. The minimum Gasteiger partial charge on any atom is -0.422 e. The third-order valence-electron chi connectivity index (χ3n) is 4.09. The van der Waals surface area contributed by atoms with Crippen LogP contribution in [-0.4, -0.2) is 23.1 Å². The standard InChI is InChI=1S/C22H14ClN3O3S/c23-19-17-8-1-2-9-18(17)30-20(19)22(28)29-16-7-3-5-14(11-16)12-25-26-21(27)15-6-4-10-24-13-15/h1-13H,(H,26,27). The Morgan fingerprint density at radius 3 is 2.77 bits per heavy atom. The molecule has 0 spiro atoms. The topological polar surface area (TPSA) is 80.6 Å². The van der Waals surface area contributed by atoms with Crippen molar-refractivity contribution in [2.45, 2.75) is 0 Å². The number of esters is 1. The van der Waals surface area contributed by atoms with Crippen molar-refractivity contribution < 1.29 is 14.3 Å². The van der Waals surface area contributed by atoms with Crippen LogP contribution in [0.15, 0.2) is 78.2 Å². The lowest BCUT2D eigenvalue weighted by molar-refractivity contribution is 0.0740. The van der Waals surface area contributed by atoms with E-state index in [2.05, 4.69) is 15.5 Å². The van der Waals surface area contributed by atoms with Gasteiger partial charge in [0.15, 0.2) is 0 Å². The minimum atomic E-state index is -0.528. The second-order valence-corrected chi connectivity index (χ2v) is 7.57. The number of hydrogen-bond donors (Lipinski definition) is 1. The van der Waals surface area contributed by atoms with Crippen LogP contribution in [0.2, 0.25) is 5.02 Å². The van der Waals surface area contributed by atoms with Crippen LogP contribution in [0.3, 0.4) is 0 Å². The molecule has 8 heteroatoms. The highest BCUT2D eigenvalue weighted by Gasteiger charge is 2.19. The molecule has 0 radical (unpaired) electrons. The van der Waals surface area contributed by atoms with E-state index >= 15 is 0 Å². The van der Waals surface area contributed by atoms with Gasteiger partial charge in [0.2, 0.25) is 0 Å². The van der Waals surface area contributed by atoms with Gasteiger partial charge in [0.25, 0.3) is 5.91 Å². The van der Waals surface area contributed by atoms with Crippen molar-refractivity contribution in [1.82, 2.24) is 10.4 Å². The molecule has 148 valence electrons. The van der Waals surface area contributed by atoms with E-state index in [1.807, 2.05) is 24.3 Å².